The van der Waals surface area contributed by atoms with E-state index >= 15 is 0 Å². The molecule has 0 saturated heterocycles. The highest BCUT2D eigenvalue weighted by Crippen LogP contribution is 2.07. The molecule has 1 nitrogen and oxygen atoms in total. The molecule has 0 heterocycles. The molecule has 90 valence electrons. The van der Waals surface area contributed by atoms with E-state index in [1.807, 2.05) is 0 Å². The van der Waals surface area contributed by atoms with Gasteiger partial charge in [-0.25, -0.2) is 0 Å². The van der Waals surface area contributed by atoms with Crippen LogP contribution in [0.15, 0.2) is 12.2 Å². The van der Waals surface area contributed by atoms with Crippen LogP contribution in [-0.2, 0) is 4.74 Å². The smallest absolute Gasteiger partial charge is 0.0465 e. The summed E-state index contributed by atoms with van der Waals surface area (Å²) in [6.45, 7) is 6.28. The van der Waals surface area contributed by atoms with Crippen molar-refractivity contribution < 1.29 is 4.74 Å². The second-order valence-electron chi connectivity index (χ2n) is 4.08. The first-order valence-corrected chi connectivity index (χ1v) is 6.64. The fourth-order valence-electron chi connectivity index (χ4n) is 1.35. The van der Waals surface area contributed by atoms with Gasteiger partial charge in [0.1, 0.15) is 0 Å². The molecular weight excluding hydrogens is 184 g/mol. The molecular formula is C14H28O. The van der Waals surface area contributed by atoms with E-state index in [2.05, 4.69) is 26.0 Å². The molecule has 0 aromatic heterocycles. The van der Waals surface area contributed by atoms with E-state index in [0.717, 1.165) is 13.2 Å². The largest absolute Gasteiger partial charge is 0.381 e. The van der Waals surface area contributed by atoms with Crippen LogP contribution in [0.3, 0.4) is 0 Å². The van der Waals surface area contributed by atoms with Gasteiger partial charge in [0.15, 0.2) is 0 Å². The lowest BCUT2D eigenvalue weighted by atomic mass is 10.1. The standard InChI is InChI=1S/C8H18O.C6H10/c1-3-5-7-9-8-6-4-2;1-2-4-6-5-3-1/h3-8H2,1-2H3;1-2H,3-6H2. The molecule has 1 aliphatic carbocycles. The van der Waals surface area contributed by atoms with Crippen LogP contribution >= 0.6 is 0 Å². The van der Waals surface area contributed by atoms with E-state index in [4.69, 9.17) is 4.74 Å². The molecule has 0 aromatic rings. The van der Waals surface area contributed by atoms with Gasteiger partial charge in [0.05, 0.1) is 0 Å². The molecule has 1 aliphatic rings. The molecule has 1 rings (SSSR count). The van der Waals surface area contributed by atoms with Crippen molar-refractivity contribution in [3.05, 3.63) is 12.2 Å². The fraction of sp³-hybridized carbons (Fsp3) is 0.857. The van der Waals surface area contributed by atoms with Gasteiger partial charge >= 0.3 is 0 Å². The van der Waals surface area contributed by atoms with Crippen molar-refractivity contribution in [3.8, 4) is 0 Å². The van der Waals surface area contributed by atoms with E-state index in [1.54, 1.807) is 0 Å². The van der Waals surface area contributed by atoms with E-state index in [0.29, 0.717) is 0 Å². The van der Waals surface area contributed by atoms with E-state index in [-0.39, 0.29) is 0 Å². The van der Waals surface area contributed by atoms with Crippen molar-refractivity contribution in [3.63, 3.8) is 0 Å². The lowest BCUT2D eigenvalue weighted by Gasteiger charge is -1.99. The maximum Gasteiger partial charge on any atom is 0.0465 e. The van der Waals surface area contributed by atoms with Crippen molar-refractivity contribution in [2.24, 2.45) is 0 Å². The van der Waals surface area contributed by atoms with Crippen molar-refractivity contribution in [2.45, 2.75) is 65.2 Å². The van der Waals surface area contributed by atoms with Crippen molar-refractivity contribution in [1.82, 2.24) is 0 Å². The number of allylic oxidation sites excluding steroid dienone is 2. The molecule has 0 spiro atoms. The van der Waals surface area contributed by atoms with Gasteiger partial charge in [0.2, 0.25) is 0 Å². The first-order chi connectivity index (χ1) is 7.41. The van der Waals surface area contributed by atoms with Gasteiger partial charge in [-0.3, -0.25) is 0 Å². The second kappa shape index (κ2) is 13.7. The lowest BCUT2D eigenvalue weighted by molar-refractivity contribution is 0.128. The average Bonchev–Trinajstić information content (AvgIpc) is 2.32. The summed E-state index contributed by atoms with van der Waals surface area (Å²) in [5.74, 6) is 0. The molecule has 0 bridgehead atoms. The third kappa shape index (κ3) is 13.7. The number of unbranched alkanes of at least 4 members (excludes halogenated alkanes) is 2. The quantitative estimate of drug-likeness (QED) is 0.457. The van der Waals surface area contributed by atoms with Gasteiger partial charge in [-0.05, 0) is 38.5 Å². The molecule has 0 fully saturated rings. The molecule has 0 amide bonds. The first kappa shape index (κ1) is 14.7. The van der Waals surface area contributed by atoms with Crippen LogP contribution in [-0.4, -0.2) is 13.2 Å². The Labute approximate surface area is 95.9 Å². The number of hydrogen-bond acceptors (Lipinski definition) is 1. The van der Waals surface area contributed by atoms with Crippen LogP contribution in [0.1, 0.15) is 65.2 Å². The molecule has 15 heavy (non-hydrogen) atoms. The Morgan fingerprint density at radius 1 is 0.867 bits per heavy atom. The third-order valence-corrected chi connectivity index (χ3v) is 2.44. The summed E-state index contributed by atoms with van der Waals surface area (Å²) >= 11 is 0. The highest BCUT2D eigenvalue weighted by atomic mass is 16.5. The normalized spacial score (nSPS) is 14.5. The zero-order valence-electron chi connectivity index (χ0n) is 10.6. The van der Waals surface area contributed by atoms with Crippen LogP contribution in [0.5, 0.6) is 0 Å². The average molecular weight is 212 g/mol. The van der Waals surface area contributed by atoms with E-state index < -0.39 is 0 Å². The minimum absolute atomic E-state index is 0.955. The molecule has 0 unspecified atom stereocenters. The van der Waals surface area contributed by atoms with Crippen molar-refractivity contribution in [2.75, 3.05) is 13.2 Å². The Morgan fingerprint density at radius 3 is 1.60 bits per heavy atom. The van der Waals surface area contributed by atoms with Gasteiger partial charge in [0, 0.05) is 13.2 Å². The highest BCUT2D eigenvalue weighted by molar-refractivity contribution is 4.85. The Balaban J connectivity index is 0.000000280. The van der Waals surface area contributed by atoms with Crippen LogP contribution in [0, 0.1) is 0 Å². The fourth-order valence-corrected chi connectivity index (χ4v) is 1.35. The minimum atomic E-state index is 0.955. The summed E-state index contributed by atoms with van der Waals surface area (Å²) in [5.41, 5.74) is 0. The molecule has 1 heteroatoms. The van der Waals surface area contributed by atoms with E-state index in [1.165, 1.54) is 51.4 Å². The summed E-state index contributed by atoms with van der Waals surface area (Å²) < 4.78 is 5.31. The van der Waals surface area contributed by atoms with Crippen LogP contribution < -0.4 is 0 Å². The Hall–Kier alpha value is -0.300. The van der Waals surface area contributed by atoms with Crippen LogP contribution in [0.4, 0.5) is 0 Å². The summed E-state index contributed by atoms with van der Waals surface area (Å²) in [6, 6.07) is 0. The molecule has 0 atom stereocenters. The third-order valence-electron chi connectivity index (χ3n) is 2.44. The SMILES string of the molecule is C1=CCCCC1.CCCCOCCCC. The maximum atomic E-state index is 5.31. The Morgan fingerprint density at radius 2 is 1.33 bits per heavy atom. The second-order valence-corrected chi connectivity index (χ2v) is 4.08. The first-order valence-electron chi connectivity index (χ1n) is 6.64. The van der Waals surface area contributed by atoms with E-state index in [9.17, 15) is 0 Å². The topological polar surface area (TPSA) is 9.23 Å². The monoisotopic (exact) mass is 212 g/mol. The van der Waals surface area contributed by atoms with Crippen molar-refractivity contribution >= 4 is 0 Å². The summed E-state index contributed by atoms with van der Waals surface area (Å²) in [6.07, 6.45) is 14.9. The summed E-state index contributed by atoms with van der Waals surface area (Å²) in [4.78, 5) is 0. The van der Waals surface area contributed by atoms with Gasteiger partial charge in [-0.15, -0.1) is 0 Å². The zero-order valence-corrected chi connectivity index (χ0v) is 10.6. The van der Waals surface area contributed by atoms with Gasteiger partial charge in [0.25, 0.3) is 0 Å². The number of rotatable bonds is 6. The summed E-state index contributed by atoms with van der Waals surface area (Å²) in [7, 11) is 0. The van der Waals surface area contributed by atoms with Crippen LogP contribution in [0.2, 0.25) is 0 Å². The molecule has 0 saturated carbocycles. The molecule has 0 N–H and O–H groups in total. The van der Waals surface area contributed by atoms with Gasteiger partial charge < -0.3 is 4.74 Å². The lowest BCUT2D eigenvalue weighted by Crippen LogP contribution is -1.95. The zero-order chi connectivity index (χ0) is 11.2. The Kier molecular flexibility index (Phi) is 13.4. The predicted octanol–water partition coefficient (Wildman–Crippen LogP) is 4.72. The van der Waals surface area contributed by atoms with Crippen LogP contribution in [0.25, 0.3) is 0 Å². The molecule has 0 radical (unpaired) electrons. The minimum Gasteiger partial charge on any atom is -0.381 e. The highest BCUT2D eigenvalue weighted by Gasteiger charge is 1.87. The van der Waals surface area contributed by atoms with Gasteiger partial charge in [-0.1, -0.05) is 38.8 Å². The predicted molar refractivity (Wildman–Crippen MR) is 68.2 cm³/mol. The molecule has 0 aromatic carbocycles. The molecule has 0 aliphatic heterocycles. The summed E-state index contributed by atoms with van der Waals surface area (Å²) in [5, 5.41) is 0. The maximum absolute atomic E-state index is 5.31. The van der Waals surface area contributed by atoms with Gasteiger partial charge in [-0.2, -0.15) is 0 Å². The Bertz CT molecular complexity index is 115. The van der Waals surface area contributed by atoms with Crippen molar-refractivity contribution in [1.29, 1.82) is 0 Å². The number of hydrogen-bond donors (Lipinski definition) is 0. The number of ether oxygens (including phenoxy) is 1.